The number of allylic oxidation sites excluding steroid dienone is 1. The van der Waals surface area contributed by atoms with E-state index in [0.717, 1.165) is 6.61 Å². The molecule has 0 amide bonds. The smallest absolute Gasteiger partial charge is 0.394 e. The molecule has 0 heterocycles. The van der Waals surface area contributed by atoms with Gasteiger partial charge in [0.1, 0.15) is 0 Å². The molecule has 0 atom stereocenters. The molecule has 0 aromatic rings. The van der Waals surface area contributed by atoms with Gasteiger partial charge in [0.2, 0.25) is 0 Å². The molecule has 0 saturated heterocycles. The van der Waals surface area contributed by atoms with Crippen molar-refractivity contribution in [2.45, 2.75) is 58.8 Å². The zero-order valence-corrected chi connectivity index (χ0v) is 12.2. The van der Waals surface area contributed by atoms with Gasteiger partial charge in [0.15, 0.2) is 0 Å². The van der Waals surface area contributed by atoms with Crippen LogP contribution in [-0.4, -0.2) is 24.1 Å². The van der Waals surface area contributed by atoms with Crippen LogP contribution in [0.3, 0.4) is 0 Å². The predicted octanol–water partition coefficient (Wildman–Crippen LogP) is 3.63. The van der Waals surface area contributed by atoms with Gasteiger partial charge in [-0.3, -0.25) is 9.11 Å². The Morgan fingerprint density at radius 3 is 1.89 bits per heavy atom. The molecular weight excluding hydrogens is 256 g/mol. The maximum atomic E-state index is 8.74. The minimum Gasteiger partial charge on any atom is -0.502 e. The summed E-state index contributed by atoms with van der Waals surface area (Å²) in [5, 5.41) is 0. The molecule has 0 aliphatic rings. The zero-order chi connectivity index (χ0) is 14.3. The largest absolute Gasteiger partial charge is 0.502 e. The Hall–Kier alpha value is -0.590. The lowest BCUT2D eigenvalue weighted by molar-refractivity contribution is 0.240. The van der Waals surface area contributed by atoms with E-state index in [1.54, 1.807) is 6.26 Å². The molecule has 0 bridgehead atoms. The minimum atomic E-state index is -4.67. The quantitative estimate of drug-likeness (QED) is 0.383. The van der Waals surface area contributed by atoms with E-state index in [9.17, 15) is 0 Å². The lowest BCUT2D eigenvalue weighted by Crippen LogP contribution is -1.89. The Labute approximate surface area is 111 Å². The predicted molar refractivity (Wildman–Crippen MR) is 72.9 cm³/mol. The van der Waals surface area contributed by atoms with Crippen molar-refractivity contribution in [3.05, 3.63) is 12.3 Å². The van der Waals surface area contributed by atoms with Gasteiger partial charge >= 0.3 is 10.4 Å². The summed E-state index contributed by atoms with van der Waals surface area (Å²) in [4.78, 5) is 0. The van der Waals surface area contributed by atoms with Gasteiger partial charge in [-0.05, 0) is 13.3 Å². The third kappa shape index (κ3) is 36.1. The first-order valence-electron chi connectivity index (χ1n) is 6.34. The first-order chi connectivity index (χ1) is 8.41. The Morgan fingerprint density at radius 2 is 1.44 bits per heavy atom. The van der Waals surface area contributed by atoms with Crippen LogP contribution >= 0.6 is 0 Å². The molecule has 0 unspecified atom stereocenters. The third-order valence-corrected chi connectivity index (χ3v) is 2.10. The van der Waals surface area contributed by atoms with Crippen molar-refractivity contribution in [3.63, 3.8) is 0 Å². The lowest BCUT2D eigenvalue weighted by Gasteiger charge is -2.01. The summed E-state index contributed by atoms with van der Waals surface area (Å²) < 4.78 is 36.8. The second-order valence-electron chi connectivity index (χ2n) is 3.91. The topological polar surface area (TPSA) is 83.8 Å². The normalized spacial score (nSPS) is 11.1. The lowest BCUT2D eigenvalue weighted by atomic mass is 10.1. The molecule has 0 fully saturated rings. The average Bonchev–Trinajstić information content (AvgIpc) is 2.25. The van der Waals surface area contributed by atoms with Crippen LogP contribution in [0.2, 0.25) is 0 Å². The summed E-state index contributed by atoms with van der Waals surface area (Å²) in [6.45, 7) is 5.12. The highest BCUT2D eigenvalue weighted by atomic mass is 32.3. The van der Waals surface area contributed by atoms with Crippen molar-refractivity contribution in [2.75, 3.05) is 6.61 Å². The highest BCUT2D eigenvalue weighted by Crippen LogP contribution is 2.06. The summed E-state index contributed by atoms with van der Waals surface area (Å²) in [6.07, 6.45) is 13.2. The molecule has 0 saturated carbocycles. The van der Waals surface area contributed by atoms with E-state index in [4.69, 9.17) is 22.3 Å². The molecular formula is C12H26O5S. The van der Waals surface area contributed by atoms with Crippen molar-refractivity contribution in [3.8, 4) is 0 Å². The van der Waals surface area contributed by atoms with Gasteiger partial charge < -0.3 is 4.74 Å². The van der Waals surface area contributed by atoms with Crippen LogP contribution in [0.1, 0.15) is 58.8 Å². The molecule has 0 spiro atoms. The fourth-order valence-electron chi connectivity index (χ4n) is 1.31. The number of hydrogen-bond donors (Lipinski definition) is 2. The number of rotatable bonds is 9. The zero-order valence-electron chi connectivity index (χ0n) is 11.3. The van der Waals surface area contributed by atoms with Crippen LogP contribution in [-0.2, 0) is 15.1 Å². The fourth-order valence-corrected chi connectivity index (χ4v) is 1.31. The standard InChI is InChI=1S/C12H24O.H2O4S/c1-3-5-6-7-8-9-10-12-13-11-4-2;1-5(2,3)4/h4,11H,3,5-10,12H2,1-2H3;(H2,1,2,3,4). The molecule has 0 radical (unpaired) electrons. The SMILES string of the molecule is CC=COCCCCCCCCC.O=S(=O)(O)O. The van der Waals surface area contributed by atoms with E-state index < -0.39 is 10.4 Å². The monoisotopic (exact) mass is 282 g/mol. The molecule has 5 nitrogen and oxygen atoms in total. The molecule has 0 aliphatic heterocycles. The Balaban J connectivity index is 0. The van der Waals surface area contributed by atoms with Gasteiger partial charge in [0, 0.05) is 0 Å². The van der Waals surface area contributed by atoms with Crippen LogP contribution in [0.15, 0.2) is 12.3 Å². The fraction of sp³-hybridized carbons (Fsp3) is 0.833. The van der Waals surface area contributed by atoms with E-state index in [1.165, 1.54) is 44.9 Å². The first kappa shape index (κ1) is 19.7. The van der Waals surface area contributed by atoms with E-state index >= 15 is 0 Å². The Kier molecular flexibility index (Phi) is 15.9. The molecule has 0 aromatic heterocycles. The van der Waals surface area contributed by atoms with E-state index in [2.05, 4.69) is 6.92 Å². The average molecular weight is 282 g/mol. The summed E-state index contributed by atoms with van der Waals surface area (Å²) >= 11 is 0. The number of hydrogen-bond acceptors (Lipinski definition) is 3. The van der Waals surface area contributed by atoms with Gasteiger partial charge in [-0.15, -0.1) is 0 Å². The van der Waals surface area contributed by atoms with Crippen LogP contribution in [0.4, 0.5) is 0 Å². The molecule has 0 aliphatic carbocycles. The minimum absolute atomic E-state index is 0.887. The van der Waals surface area contributed by atoms with Gasteiger partial charge in [-0.25, -0.2) is 0 Å². The summed E-state index contributed by atoms with van der Waals surface area (Å²) in [6, 6.07) is 0. The molecule has 0 rings (SSSR count). The highest BCUT2D eigenvalue weighted by Gasteiger charge is 1.89. The number of unbranched alkanes of at least 4 members (excludes halogenated alkanes) is 6. The van der Waals surface area contributed by atoms with Crippen molar-refractivity contribution in [1.82, 2.24) is 0 Å². The molecule has 110 valence electrons. The molecule has 6 heteroatoms. The Morgan fingerprint density at radius 1 is 1.00 bits per heavy atom. The van der Waals surface area contributed by atoms with Crippen molar-refractivity contribution in [1.29, 1.82) is 0 Å². The third-order valence-electron chi connectivity index (χ3n) is 2.10. The van der Waals surface area contributed by atoms with Crippen LogP contribution in [0.5, 0.6) is 0 Å². The van der Waals surface area contributed by atoms with Crippen LogP contribution in [0, 0.1) is 0 Å². The van der Waals surface area contributed by atoms with Crippen LogP contribution in [0.25, 0.3) is 0 Å². The van der Waals surface area contributed by atoms with E-state index in [-0.39, 0.29) is 0 Å². The van der Waals surface area contributed by atoms with Crippen molar-refractivity contribution >= 4 is 10.4 Å². The van der Waals surface area contributed by atoms with Crippen LogP contribution < -0.4 is 0 Å². The van der Waals surface area contributed by atoms with Crippen molar-refractivity contribution in [2.24, 2.45) is 0 Å². The maximum Gasteiger partial charge on any atom is 0.394 e. The van der Waals surface area contributed by atoms with Gasteiger partial charge in [0.05, 0.1) is 12.9 Å². The Bertz CT molecular complexity index is 264. The van der Waals surface area contributed by atoms with Gasteiger partial charge in [-0.2, -0.15) is 8.42 Å². The second kappa shape index (κ2) is 14.5. The van der Waals surface area contributed by atoms with E-state index in [1.807, 2.05) is 13.0 Å². The first-order valence-corrected chi connectivity index (χ1v) is 7.74. The highest BCUT2D eigenvalue weighted by molar-refractivity contribution is 7.79. The van der Waals surface area contributed by atoms with Gasteiger partial charge in [-0.1, -0.05) is 51.5 Å². The van der Waals surface area contributed by atoms with Crippen molar-refractivity contribution < 1.29 is 22.3 Å². The summed E-state index contributed by atoms with van der Waals surface area (Å²) in [5.41, 5.74) is 0. The maximum absolute atomic E-state index is 8.74. The second-order valence-corrected chi connectivity index (χ2v) is 4.81. The van der Waals surface area contributed by atoms with E-state index in [0.29, 0.717) is 0 Å². The summed E-state index contributed by atoms with van der Waals surface area (Å²) in [5.74, 6) is 0. The molecule has 2 N–H and O–H groups in total. The molecule has 18 heavy (non-hydrogen) atoms. The molecule has 0 aromatic carbocycles. The van der Waals surface area contributed by atoms with Gasteiger partial charge in [0.25, 0.3) is 0 Å². The summed E-state index contributed by atoms with van der Waals surface area (Å²) in [7, 11) is -4.67. The number of ether oxygens (including phenoxy) is 1.